The van der Waals surface area contributed by atoms with E-state index in [1.54, 1.807) is 0 Å². The Labute approximate surface area is 90.3 Å². The largest absolute Gasteiger partial charge is 0.748 e. The van der Waals surface area contributed by atoms with Crippen LogP contribution >= 0.6 is 0 Å². The predicted molar refractivity (Wildman–Crippen MR) is 55.2 cm³/mol. The minimum Gasteiger partial charge on any atom is -0.748 e. The molecule has 0 aromatic carbocycles. The lowest BCUT2D eigenvalue weighted by Crippen LogP contribution is -2.38. The zero-order valence-corrected chi connectivity index (χ0v) is 9.53. The molecule has 0 aliphatic heterocycles. The smallest absolute Gasteiger partial charge is 0.181 e. The standard InChI is InChI=1S/C10H15NO3S/c1-2-10-6-3-4-7-11(10)8-5-9-15(12,13)14/h3-4,6-7H,2,5,8-9H2,1H3. The normalized spacial score (nSPS) is 11.6. The van der Waals surface area contributed by atoms with Crippen molar-refractivity contribution in [1.29, 1.82) is 0 Å². The van der Waals surface area contributed by atoms with Gasteiger partial charge in [-0.25, -0.2) is 13.0 Å². The zero-order valence-electron chi connectivity index (χ0n) is 8.72. The van der Waals surface area contributed by atoms with Gasteiger partial charge in [-0.3, -0.25) is 0 Å². The first-order valence-electron chi connectivity index (χ1n) is 4.94. The van der Waals surface area contributed by atoms with E-state index in [0.29, 0.717) is 13.0 Å². The number of rotatable bonds is 5. The van der Waals surface area contributed by atoms with Crippen LogP contribution < -0.4 is 4.57 Å². The van der Waals surface area contributed by atoms with Crippen molar-refractivity contribution in [3.05, 3.63) is 30.1 Å². The monoisotopic (exact) mass is 229 g/mol. The Hall–Kier alpha value is -0.940. The topological polar surface area (TPSA) is 61.1 Å². The Morgan fingerprint density at radius 2 is 2.13 bits per heavy atom. The molecule has 1 heterocycles. The first kappa shape index (κ1) is 12.1. The molecule has 0 bridgehead atoms. The molecule has 4 nitrogen and oxygen atoms in total. The number of pyridine rings is 1. The van der Waals surface area contributed by atoms with Crippen LogP contribution in [0.3, 0.4) is 0 Å². The average Bonchev–Trinajstić information content (AvgIpc) is 2.16. The third kappa shape index (κ3) is 4.40. The number of aromatic nitrogens is 1. The van der Waals surface area contributed by atoms with E-state index in [2.05, 4.69) is 0 Å². The summed E-state index contributed by atoms with van der Waals surface area (Å²) in [6, 6.07) is 5.83. The highest BCUT2D eigenvalue weighted by Crippen LogP contribution is 1.94. The van der Waals surface area contributed by atoms with Gasteiger partial charge < -0.3 is 4.55 Å². The van der Waals surface area contributed by atoms with Gasteiger partial charge in [-0.05, 0) is 0 Å². The van der Waals surface area contributed by atoms with Crippen molar-refractivity contribution in [2.75, 3.05) is 5.75 Å². The van der Waals surface area contributed by atoms with Crippen molar-refractivity contribution in [3.8, 4) is 0 Å². The van der Waals surface area contributed by atoms with Gasteiger partial charge in [0.25, 0.3) is 0 Å². The minimum absolute atomic E-state index is 0.294. The van der Waals surface area contributed by atoms with Crippen LogP contribution in [0.2, 0.25) is 0 Å². The molecule has 0 fully saturated rings. The second-order valence-electron chi connectivity index (χ2n) is 3.35. The molecule has 0 spiro atoms. The average molecular weight is 229 g/mol. The van der Waals surface area contributed by atoms with Crippen LogP contribution in [0.5, 0.6) is 0 Å². The first-order valence-corrected chi connectivity index (χ1v) is 6.51. The fourth-order valence-corrected chi connectivity index (χ4v) is 1.95. The van der Waals surface area contributed by atoms with Crippen LogP contribution in [0.25, 0.3) is 0 Å². The van der Waals surface area contributed by atoms with Crippen LogP contribution in [-0.2, 0) is 23.1 Å². The molecule has 0 saturated carbocycles. The highest BCUT2D eigenvalue weighted by molar-refractivity contribution is 7.85. The summed E-state index contributed by atoms with van der Waals surface area (Å²) in [4.78, 5) is 0. The third-order valence-electron chi connectivity index (χ3n) is 2.19. The van der Waals surface area contributed by atoms with E-state index >= 15 is 0 Å². The summed E-state index contributed by atoms with van der Waals surface area (Å²) < 4.78 is 33.2. The lowest BCUT2D eigenvalue weighted by Gasteiger charge is -2.05. The van der Waals surface area contributed by atoms with E-state index in [4.69, 9.17) is 0 Å². The van der Waals surface area contributed by atoms with Crippen LogP contribution in [-0.4, -0.2) is 18.7 Å². The molecule has 15 heavy (non-hydrogen) atoms. The predicted octanol–water partition coefficient (Wildman–Crippen LogP) is 0.472. The fraction of sp³-hybridized carbons (Fsp3) is 0.500. The van der Waals surface area contributed by atoms with Crippen molar-refractivity contribution in [3.63, 3.8) is 0 Å². The Balaban J connectivity index is 2.58. The van der Waals surface area contributed by atoms with E-state index in [-0.39, 0.29) is 5.75 Å². The first-order chi connectivity index (χ1) is 7.03. The van der Waals surface area contributed by atoms with E-state index < -0.39 is 10.1 Å². The van der Waals surface area contributed by atoms with E-state index in [1.165, 1.54) is 0 Å². The molecule has 0 N–H and O–H groups in total. The SMILES string of the molecule is CCc1cccc[n+]1CCCS(=O)(=O)[O-]. The maximum Gasteiger partial charge on any atom is 0.181 e. The van der Waals surface area contributed by atoms with E-state index in [1.807, 2.05) is 35.9 Å². The molecule has 1 aromatic heterocycles. The molecular weight excluding hydrogens is 214 g/mol. The number of hydrogen-bond donors (Lipinski definition) is 0. The van der Waals surface area contributed by atoms with E-state index in [9.17, 15) is 13.0 Å². The third-order valence-corrected chi connectivity index (χ3v) is 2.98. The highest BCUT2D eigenvalue weighted by Gasteiger charge is 2.07. The van der Waals surface area contributed by atoms with Crippen molar-refractivity contribution >= 4 is 10.1 Å². The maximum atomic E-state index is 10.4. The van der Waals surface area contributed by atoms with Gasteiger partial charge in [0.05, 0.1) is 10.1 Å². The summed E-state index contributed by atoms with van der Waals surface area (Å²) >= 11 is 0. The number of nitrogens with zero attached hydrogens (tertiary/aromatic N) is 1. The Kier molecular flexibility index (Phi) is 4.23. The summed E-state index contributed by atoms with van der Waals surface area (Å²) in [5, 5.41) is 0. The molecule has 0 radical (unpaired) electrons. The van der Waals surface area contributed by atoms with Gasteiger partial charge in [-0.15, -0.1) is 0 Å². The minimum atomic E-state index is -4.08. The molecule has 0 amide bonds. The van der Waals surface area contributed by atoms with Crippen molar-refractivity contribution in [1.82, 2.24) is 0 Å². The second-order valence-corrected chi connectivity index (χ2v) is 4.88. The van der Waals surface area contributed by atoms with Crippen LogP contribution in [0.15, 0.2) is 24.4 Å². The van der Waals surface area contributed by atoms with Crippen LogP contribution in [0.4, 0.5) is 0 Å². The highest BCUT2D eigenvalue weighted by atomic mass is 32.2. The molecule has 84 valence electrons. The maximum absolute atomic E-state index is 10.4. The van der Waals surface area contributed by atoms with Crippen LogP contribution in [0.1, 0.15) is 19.0 Å². The van der Waals surface area contributed by atoms with Gasteiger partial charge in [0.1, 0.15) is 6.54 Å². The summed E-state index contributed by atoms with van der Waals surface area (Å²) in [6.45, 7) is 2.61. The molecule has 1 rings (SSSR count). The number of hydrogen-bond acceptors (Lipinski definition) is 3. The lowest BCUT2D eigenvalue weighted by atomic mass is 10.2. The quantitative estimate of drug-likeness (QED) is 0.544. The van der Waals surface area contributed by atoms with Crippen molar-refractivity contribution in [2.24, 2.45) is 0 Å². The van der Waals surface area contributed by atoms with Crippen molar-refractivity contribution < 1.29 is 17.5 Å². The molecule has 0 unspecified atom stereocenters. The van der Waals surface area contributed by atoms with E-state index in [0.717, 1.165) is 12.1 Å². The molecule has 0 atom stereocenters. The summed E-state index contributed by atoms with van der Waals surface area (Å²) in [5.41, 5.74) is 1.14. The Morgan fingerprint density at radius 3 is 2.73 bits per heavy atom. The zero-order chi connectivity index (χ0) is 11.3. The molecular formula is C10H15NO3S. The van der Waals surface area contributed by atoms with Gasteiger partial charge >= 0.3 is 0 Å². The van der Waals surface area contributed by atoms with Gasteiger partial charge in [-0.2, -0.15) is 0 Å². The molecule has 1 aromatic rings. The second kappa shape index (κ2) is 5.23. The van der Waals surface area contributed by atoms with Gasteiger partial charge in [0.15, 0.2) is 11.9 Å². The van der Waals surface area contributed by atoms with Crippen molar-refractivity contribution in [2.45, 2.75) is 26.3 Å². The fourth-order valence-electron chi connectivity index (χ4n) is 1.46. The molecule has 0 aliphatic rings. The summed E-state index contributed by atoms with van der Waals surface area (Å²) in [5.74, 6) is -0.294. The van der Waals surface area contributed by atoms with Gasteiger partial charge in [-0.1, -0.05) is 13.0 Å². The van der Waals surface area contributed by atoms with Crippen LogP contribution in [0, 0.1) is 0 Å². The summed E-state index contributed by atoms with van der Waals surface area (Å²) in [7, 11) is -4.08. The number of aryl methyl sites for hydroxylation is 2. The van der Waals surface area contributed by atoms with Gasteiger partial charge in [0.2, 0.25) is 0 Å². The molecule has 0 saturated heterocycles. The lowest BCUT2D eigenvalue weighted by molar-refractivity contribution is -0.703. The molecule has 5 heteroatoms. The molecule has 0 aliphatic carbocycles. The van der Waals surface area contributed by atoms with Gasteiger partial charge in [0, 0.05) is 30.7 Å². The summed E-state index contributed by atoms with van der Waals surface area (Å²) in [6.07, 6.45) is 3.16. The Bertz CT molecular complexity index is 414. The Morgan fingerprint density at radius 1 is 1.40 bits per heavy atom.